The zero-order valence-corrected chi connectivity index (χ0v) is 13.5. The van der Waals surface area contributed by atoms with Gasteiger partial charge in [-0.2, -0.15) is 0 Å². The highest BCUT2D eigenvalue weighted by Gasteiger charge is 2.21. The summed E-state index contributed by atoms with van der Waals surface area (Å²) < 4.78 is 12.8. The molecule has 1 aromatic rings. The number of nitrogens with one attached hydrogen (secondary N) is 2. The molecule has 126 valence electrons. The average molecular weight is 321 g/mol. The van der Waals surface area contributed by atoms with Gasteiger partial charge in [0.2, 0.25) is 5.91 Å². The topological polar surface area (TPSA) is 61.4 Å². The molecule has 0 bridgehead atoms. The fraction of sp³-hybridized carbons (Fsp3) is 0.529. The lowest BCUT2D eigenvalue weighted by Gasteiger charge is -2.31. The first-order valence-corrected chi connectivity index (χ1v) is 8.08. The Kier molecular flexibility index (Phi) is 6.52. The third-order valence-electron chi connectivity index (χ3n) is 4.21. The van der Waals surface area contributed by atoms with Crippen LogP contribution in [-0.2, 0) is 4.79 Å². The van der Waals surface area contributed by atoms with E-state index in [9.17, 15) is 14.0 Å². The van der Waals surface area contributed by atoms with Gasteiger partial charge in [-0.05, 0) is 56.6 Å². The van der Waals surface area contributed by atoms with Crippen LogP contribution in [0.4, 0.5) is 4.39 Å². The molecule has 0 aromatic heterocycles. The van der Waals surface area contributed by atoms with Gasteiger partial charge in [0, 0.05) is 31.6 Å². The molecular formula is C17H24FN3O2. The van der Waals surface area contributed by atoms with Crippen molar-refractivity contribution in [2.45, 2.75) is 31.7 Å². The highest BCUT2D eigenvalue weighted by Crippen LogP contribution is 2.11. The second kappa shape index (κ2) is 8.62. The molecule has 0 atom stereocenters. The normalized spacial score (nSPS) is 15.2. The molecule has 1 saturated heterocycles. The first kappa shape index (κ1) is 17.4. The summed E-state index contributed by atoms with van der Waals surface area (Å²) in [6, 6.07) is 5.72. The molecule has 0 radical (unpaired) electrons. The van der Waals surface area contributed by atoms with Gasteiger partial charge in [-0.25, -0.2) is 4.39 Å². The minimum atomic E-state index is -0.368. The van der Waals surface area contributed by atoms with E-state index >= 15 is 0 Å². The van der Waals surface area contributed by atoms with Crippen LogP contribution in [-0.4, -0.2) is 49.4 Å². The number of piperidine rings is 1. The molecule has 0 spiro atoms. The van der Waals surface area contributed by atoms with Crippen LogP contribution in [0, 0.1) is 5.82 Å². The van der Waals surface area contributed by atoms with Crippen LogP contribution in [0.25, 0.3) is 0 Å². The molecule has 6 heteroatoms. The maximum absolute atomic E-state index is 12.8. The van der Waals surface area contributed by atoms with Crippen LogP contribution < -0.4 is 10.6 Å². The summed E-state index contributed by atoms with van der Waals surface area (Å²) in [5.41, 5.74) is 0.421. The van der Waals surface area contributed by atoms with Crippen molar-refractivity contribution in [1.29, 1.82) is 0 Å². The fourth-order valence-corrected chi connectivity index (χ4v) is 2.72. The first-order valence-electron chi connectivity index (χ1n) is 8.08. The van der Waals surface area contributed by atoms with E-state index in [1.165, 1.54) is 24.3 Å². The van der Waals surface area contributed by atoms with Gasteiger partial charge in [-0.1, -0.05) is 0 Å². The van der Waals surface area contributed by atoms with Gasteiger partial charge in [0.15, 0.2) is 0 Å². The van der Waals surface area contributed by atoms with E-state index in [4.69, 9.17) is 0 Å². The van der Waals surface area contributed by atoms with E-state index in [0.717, 1.165) is 25.9 Å². The van der Waals surface area contributed by atoms with Crippen molar-refractivity contribution in [3.63, 3.8) is 0 Å². The molecule has 5 nitrogen and oxygen atoms in total. The van der Waals surface area contributed by atoms with Crippen molar-refractivity contribution < 1.29 is 14.0 Å². The Balaban J connectivity index is 1.67. The molecule has 1 fully saturated rings. The predicted octanol–water partition coefficient (Wildman–Crippen LogP) is 1.55. The van der Waals surface area contributed by atoms with Crippen LogP contribution in [0.5, 0.6) is 0 Å². The van der Waals surface area contributed by atoms with E-state index in [2.05, 4.69) is 10.6 Å². The molecule has 2 amide bonds. The molecule has 1 heterocycles. The number of carbonyl (C=O) groups is 2. The predicted molar refractivity (Wildman–Crippen MR) is 86.6 cm³/mol. The number of hydrogen-bond donors (Lipinski definition) is 2. The summed E-state index contributed by atoms with van der Waals surface area (Å²) in [7, 11) is 1.86. The van der Waals surface area contributed by atoms with Crippen LogP contribution in [0.3, 0.4) is 0 Å². The average Bonchev–Trinajstić information content (AvgIpc) is 2.59. The van der Waals surface area contributed by atoms with Gasteiger partial charge in [-0.3, -0.25) is 9.59 Å². The third-order valence-corrected chi connectivity index (χ3v) is 4.21. The van der Waals surface area contributed by atoms with Crippen molar-refractivity contribution in [2.24, 2.45) is 0 Å². The number of hydrogen-bond acceptors (Lipinski definition) is 3. The molecule has 1 aromatic carbocycles. The SMILES string of the molecule is CN(C(=O)CCCNC(=O)c1ccc(F)cc1)C1CCNCC1. The molecule has 2 rings (SSSR count). The Morgan fingerprint density at radius 1 is 1.26 bits per heavy atom. The van der Waals surface area contributed by atoms with Crippen molar-refractivity contribution >= 4 is 11.8 Å². The maximum Gasteiger partial charge on any atom is 0.251 e. The van der Waals surface area contributed by atoms with Gasteiger partial charge >= 0.3 is 0 Å². The summed E-state index contributed by atoms with van der Waals surface area (Å²) in [5, 5.41) is 6.03. The Morgan fingerprint density at radius 3 is 2.57 bits per heavy atom. The van der Waals surface area contributed by atoms with Crippen molar-refractivity contribution in [1.82, 2.24) is 15.5 Å². The first-order chi connectivity index (χ1) is 11.1. The zero-order chi connectivity index (χ0) is 16.7. The summed E-state index contributed by atoms with van der Waals surface area (Å²) in [6.45, 7) is 2.34. The lowest BCUT2D eigenvalue weighted by Crippen LogP contribution is -2.44. The summed E-state index contributed by atoms with van der Waals surface area (Å²) in [4.78, 5) is 25.8. The molecule has 1 aliphatic heterocycles. The molecule has 0 saturated carbocycles. The van der Waals surface area contributed by atoms with Gasteiger partial charge in [-0.15, -0.1) is 0 Å². The molecule has 2 N–H and O–H groups in total. The third kappa shape index (κ3) is 5.32. The van der Waals surface area contributed by atoms with E-state index in [0.29, 0.717) is 31.0 Å². The fourth-order valence-electron chi connectivity index (χ4n) is 2.72. The maximum atomic E-state index is 12.8. The van der Waals surface area contributed by atoms with Gasteiger partial charge in [0.1, 0.15) is 5.82 Å². The van der Waals surface area contributed by atoms with Gasteiger partial charge in [0.25, 0.3) is 5.91 Å². The lowest BCUT2D eigenvalue weighted by molar-refractivity contribution is -0.132. The monoisotopic (exact) mass is 321 g/mol. The Hall–Kier alpha value is -1.95. The lowest BCUT2D eigenvalue weighted by atomic mass is 10.0. The molecule has 1 aliphatic rings. The highest BCUT2D eigenvalue weighted by molar-refractivity contribution is 5.94. The van der Waals surface area contributed by atoms with E-state index in [1.54, 1.807) is 0 Å². The number of benzene rings is 1. The summed E-state index contributed by atoms with van der Waals surface area (Å²) >= 11 is 0. The van der Waals surface area contributed by atoms with Crippen molar-refractivity contribution in [2.75, 3.05) is 26.7 Å². The van der Waals surface area contributed by atoms with Crippen molar-refractivity contribution in [3.8, 4) is 0 Å². The smallest absolute Gasteiger partial charge is 0.251 e. The molecule has 0 aliphatic carbocycles. The second-order valence-corrected chi connectivity index (χ2v) is 5.85. The Morgan fingerprint density at radius 2 is 1.91 bits per heavy atom. The van der Waals surface area contributed by atoms with Gasteiger partial charge in [0.05, 0.1) is 0 Å². The van der Waals surface area contributed by atoms with Crippen LogP contribution in [0.2, 0.25) is 0 Å². The Labute approximate surface area is 136 Å². The van der Waals surface area contributed by atoms with Crippen LogP contribution in [0.1, 0.15) is 36.0 Å². The van der Waals surface area contributed by atoms with Crippen LogP contribution in [0.15, 0.2) is 24.3 Å². The van der Waals surface area contributed by atoms with Gasteiger partial charge < -0.3 is 15.5 Å². The number of amides is 2. The number of rotatable bonds is 6. The number of carbonyl (C=O) groups excluding carboxylic acids is 2. The largest absolute Gasteiger partial charge is 0.352 e. The van der Waals surface area contributed by atoms with Crippen LogP contribution >= 0.6 is 0 Å². The highest BCUT2D eigenvalue weighted by atomic mass is 19.1. The van der Waals surface area contributed by atoms with E-state index < -0.39 is 0 Å². The van der Waals surface area contributed by atoms with E-state index in [1.807, 2.05) is 11.9 Å². The standard InChI is InChI=1S/C17H24FN3O2/c1-21(15-8-11-19-12-9-15)16(22)3-2-10-20-17(23)13-4-6-14(18)7-5-13/h4-7,15,19H,2-3,8-12H2,1H3,(H,20,23). The number of halogens is 1. The summed E-state index contributed by atoms with van der Waals surface area (Å²) in [5.74, 6) is -0.495. The summed E-state index contributed by atoms with van der Waals surface area (Å²) in [6.07, 6.45) is 3.00. The minimum absolute atomic E-state index is 0.118. The molecular weight excluding hydrogens is 297 g/mol. The van der Waals surface area contributed by atoms with E-state index in [-0.39, 0.29) is 17.6 Å². The number of nitrogens with zero attached hydrogens (tertiary/aromatic N) is 1. The Bertz CT molecular complexity index is 527. The molecule has 23 heavy (non-hydrogen) atoms. The second-order valence-electron chi connectivity index (χ2n) is 5.85. The quantitative estimate of drug-likeness (QED) is 0.782. The minimum Gasteiger partial charge on any atom is -0.352 e. The van der Waals surface area contributed by atoms with Crippen molar-refractivity contribution in [3.05, 3.63) is 35.6 Å². The zero-order valence-electron chi connectivity index (χ0n) is 13.5. The molecule has 0 unspecified atom stereocenters.